The van der Waals surface area contributed by atoms with Gasteiger partial charge in [0.25, 0.3) is 0 Å². The normalized spacial score (nSPS) is 11.7. The zero-order chi connectivity index (χ0) is 22.4. The summed E-state index contributed by atoms with van der Waals surface area (Å²) < 4.78 is 5.44. The lowest BCUT2D eigenvalue weighted by atomic mass is 10.1. The topological polar surface area (TPSA) is 74.2 Å². The Balaban J connectivity index is 1.48. The van der Waals surface area contributed by atoms with E-state index in [0.29, 0.717) is 23.8 Å². The number of carbonyl (C=O) groups is 1. The number of hydrogen-bond acceptors (Lipinski definition) is 5. The van der Waals surface area contributed by atoms with E-state index < -0.39 is 0 Å². The van der Waals surface area contributed by atoms with Crippen LogP contribution in [0.2, 0.25) is 0 Å². The number of fused-ring (bicyclic) bond motifs is 4. The number of benzene rings is 2. The maximum absolute atomic E-state index is 13.0. The van der Waals surface area contributed by atoms with Gasteiger partial charge in [0.2, 0.25) is 0 Å². The Morgan fingerprint density at radius 1 is 0.938 bits per heavy atom. The zero-order valence-corrected chi connectivity index (χ0v) is 19.0. The first-order valence-corrected chi connectivity index (χ1v) is 11.6. The lowest BCUT2D eigenvalue weighted by Gasteiger charge is -2.07. The summed E-state index contributed by atoms with van der Waals surface area (Å²) in [5, 5.41) is 10.5. The highest BCUT2D eigenvalue weighted by molar-refractivity contribution is 7.99. The number of para-hydroxylation sites is 1. The van der Waals surface area contributed by atoms with E-state index >= 15 is 0 Å². The van der Waals surface area contributed by atoms with Crippen LogP contribution in [0.5, 0.6) is 0 Å². The van der Waals surface area contributed by atoms with Gasteiger partial charge in [-0.15, -0.1) is 10.2 Å². The van der Waals surface area contributed by atoms with E-state index in [9.17, 15) is 9.59 Å². The zero-order valence-electron chi connectivity index (χ0n) is 18.2. The van der Waals surface area contributed by atoms with E-state index in [2.05, 4.69) is 23.2 Å². The molecule has 0 N–H and O–H groups in total. The fourth-order valence-corrected chi connectivity index (χ4v) is 5.13. The summed E-state index contributed by atoms with van der Waals surface area (Å²) in [6, 6.07) is 15.6. The number of pyridine rings is 1. The van der Waals surface area contributed by atoms with Gasteiger partial charge in [-0.25, -0.2) is 4.79 Å². The fraction of sp³-hybridized carbons (Fsp3) is 0.250. The molecule has 5 aromatic rings. The van der Waals surface area contributed by atoms with Crippen LogP contribution < -0.4 is 5.69 Å². The predicted octanol–water partition coefficient (Wildman–Crippen LogP) is 4.32. The third-order valence-electron chi connectivity index (χ3n) is 5.88. The van der Waals surface area contributed by atoms with Crippen molar-refractivity contribution in [2.45, 2.75) is 39.0 Å². The molecule has 0 atom stereocenters. The molecule has 0 saturated carbocycles. The van der Waals surface area contributed by atoms with E-state index in [0.717, 1.165) is 33.1 Å². The van der Waals surface area contributed by atoms with Gasteiger partial charge in [0.15, 0.2) is 16.6 Å². The largest absolute Gasteiger partial charge is 0.329 e. The molecule has 0 aliphatic carbocycles. The van der Waals surface area contributed by atoms with Crippen molar-refractivity contribution in [1.29, 1.82) is 0 Å². The van der Waals surface area contributed by atoms with Gasteiger partial charge < -0.3 is 0 Å². The summed E-state index contributed by atoms with van der Waals surface area (Å²) in [7, 11) is 0. The number of aromatic nitrogens is 5. The van der Waals surface area contributed by atoms with Gasteiger partial charge in [-0.1, -0.05) is 30.0 Å². The maximum atomic E-state index is 13.0. The molecule has 2 aromatic carbocycles. The number of imidazole rings is 1. The van der Waals surface area contributed by atoms with Crippen LogP contribution in [0.3, 0.4) is 0 Å². The lowest BCUT2D eigenvalue weighted by molar-refractivity contribution is 0.102. The summed E-state index contributed by atoms with van der Waals surface area (Å²) in [5.41, 5.74) is 5.14. The minimum Gasteiger partial charge on any atom is -0.293 e. The molecule has 0 saturated heterocycles. The number of ketones is 1. The van der Waals surface area contributed by atoms with Crippen molar-refractivity contribution >= 4 is 45.1 Å². The SMILES string of the molecule is CCn1c(=O)n(CC)c2cc(C(=O)CSc3nnc4cc(C)c5ccccc5n34)ccc21. The molecular formula is C24H23N5O2S. The van der Waals surface area contributed by atoms with Crippen LogP contribution in [0.25, 0.3) is 27.6 Å². The molecule has 0 unspecified atom stereocenters. The Morgan fingerprint density at radius 2 is 1.69 bits per heavy atom. The molecule has 8 heteroatoms. The van der Waals surface area contributed by atoms with E-state index in [1.807, 2.05) is 54.6 Å². The molecule has 5 rings (SSSR count). The highest BCUT2D eigenvalue weighted by Crippen LogP contribution is 2.26. The molecule has 0 aliphatic heterocycles. The maximum Gasteiger partial charge on any atom is 0.329 e. The average Bonchev–Trinajstić information content (AvgIpc) is 3.34. The van der Waals surface area contributed by atoms with Gasteiger partial charge >= 0.3 is 5.69 Å². The monoisotopic (exact) mass is 445 g/mol. The van der Waals surface area contributed by atoms with Crippen LogP contribution in [0.1, 0.15) is 29.8 Å². The minimum atomic E-state index is -0.0407. The number of rotatable bonds is 6. The molecule has 3 heterocycles. The van der Waals surface area contributed by atoms with E-state index in [-0.39, 0.29) is 17.2 Å². The Bertz CT molecular complexity index is 1560. The smallest absolute Gasteiger partial charge is 0.293 e. The Kier molecular flexibility index (Phi) is 5.09. The molecule has 3 aromatic heterocycles. The summed E-state index contributed by atoms with van der Waals surface area (Å²) in [6.45, 7) is 7.11. The molecule has 0 aliphatic rings. The van der Waals surface area contributed by atoms with Crippen LogP contribution in [0.15, 0.2) is 58.5 Å². The van der Waals surface area contributed by atoms with Crippen LogP contribution in [0, 0.1) is 6.92 Å². The number of nitrogens with zero attached hydrogens (tertiary/aromatic N) is 5. The van der Waals surface area contributed by atoms with Crippen molar-refractivity contribution in [2.24, 2.45) is 0 Å². The second-order valence-corrected chi connectivity index (χ2v) is 8.65. The number of carbonyl (C=O) groups excluding carboxylic acids is 1. The fourth-order valence-electron chi connectivity index (χ4n) is 4.29. The Morgan fingerprint density at radius 3 is 2.47 bits per heavy atom. The van der Waals surface area contributed by atoms with Gasteiger partial charge in [0, 0.05) is 24.0 Å². The molecule has 0 bridgehead atoms. The van der Waals surface area contributed by atoms with Gasteiger partial charge in [-0.3, -0.25) is 18.3 Å². The molecule has 0 fully saturated rings. The van der Waals surface area contributed by atoms with Crippen molar-refractivity contribution in [3.8, 4) is 0 Å². The molecule has 0 radical (unpaired) electrons. The molecule has 7 nitrogen and oxygen atoms in total. The second-order valence-electron chi connectivity index (χ2n) is 7.71. The lowest BCUT2D eigenvalue weighted by Crippen LogP contribution is -2.23. The first kappa shape index (κ1) is 20.5. The van der Waals surface area contributed by atoms with Crippen molar-refractivity contribution < 1.29 is 4.79 Å². The third-order valence-corrected chi connectivity index (χ3v) is 6.81. The summed E-state index contributed by atoms with van der Waals surface area (Å²) in [6.07, 6.45) is 0. The number of Topliss-reactive ketones (excluding diaryl/α,β-unsaturated/α-hetero) is 1. The first-order chi connectivity index (χ1) is 15.5. The summed E-state index contributed by atoms with van der Waals surface area (Å²) in [4.78, 5) is 25.6. The minimum absolute atomic E-state index is 0.00980. The van der Waals surface area contributed by atoms with Gasteiger partial charge in [-0.05, 0) is 56.7 Å². The Labute approximate surface area is 188 Å². The van der Waals surface area contributed by atoms with Crippen LogP contribution >= 0.6 is 11.8 Å². The van der Waals surface area contributed by atoms with Crippen molar-refractivity contribution in [3.63, 3.8) is 0 Å². The predicted molar refractivity (Wildman–Crippen MR) is 128 cm³/mol. The van der Waals surface area contributed by atoms with E-state index in [1.54, 1.807) is 15.2 Å². The molecule has 162 valence electrons. The van der Waals surface area contributed by atoms with Crippen molar-refractivity contribution in [3.05, 3.63) is 70.1 Å². The standard InChI is InChI=1S/C24H23N5O2S/c1-4-27-19-11-10-16(13-20(19)28(5-2)24(27)31)21(30)14-32-23-26-25-22-12-15(3)17-8-6-7-9-18(17)29(22)23/h6-13H,4-5,14H2,1-3H3. The van der Waals surface area contributed by atoms with Gasteiger partial charge in [0.05, 0.1) is 22.3 Å². The highest BCUT2D eigenvalue weighted by atomic mass is 32.2. The first-order valence-electron chi connectivity index (χ1n) is 10.7. The number of hydrogen-bond donors (Lipinski definition) is 0. The van der Waals surface area contributed by atoms with Crippen LogP contribution in [-0.4, -0.2) is 35.3 Å². The highest BCUT2D eigenvalue weighted by Gasteiger charge is 2.16. The number of thioether (sulfide) groups is 1. The van der Waals surface area contributed by atoms with Gasteiger partial charge in [0.1, 0.15) is 0 Å². The number of aryl methyl sites for hydroxylation is 3. The van der Waals surface area contributed by atoms with E-state index in [1.165, 1.54) is 11.8 Å². The summed E-state index contributed by atoms with van der Waals surface area (Å²) in [5.74, 6) is 0.226. The van der Waals surface area contributed by atoms with Crippen LogP contribution in [-0.2, 0) is 13.1 Å². The quantitative estimate of drug-likeness (QED) is 0.287. The summed E-state index contributed by atoms with van der Waals surface area (Å²) >= 11 is 1.37. The van der Waals surface area contributed by atoms with E-state index in [4.69, 9.17) is 0 Å². The molecule has 0 spiro atoms. The molecule has 0 amide bonds. The van der Waals surface area contributed by atoms with Crippen molar-refractivity contribution in [1.82, 2.24) is 23.7 Å². The van der Waals surface area contributed by atoms with Crippen LogP contribution in [0.4, 0.5) is 0 Å². The third kappa shape index (κ3) is 3.14. The van der Waals surface area contributed by atoms with Crippen molar-refractivity contribution in [2.75, 3.05) is 5.75 Å². The second kappa shape index (κ2) is 7.94. The van der Waals surface area contributed by atoms with Gasteiger partial charge in [-0.2, -0.15) is 0 Å². The molecular weight excluding hydrogens is 422 g/mol. The molecule has 32 heavy (non-hydrogen) atoms. The Hall–Kier alpha value is -3.39. The average molecular weight is 446 g/mol.